The third kappa shape index (κ3) is 11.5. The van der Waals surface area contributed by atoms with Crippen LogP contribution in [0.1, 0.15) is 20.7 Å². The fraction of sp³-hybridized carbons (Fsp3) is 0.0588. The minimum absolute atomic E-state index is 0.183. The molecule has 0 atom stereocenters. The van der Waals surface area contributed by atoms with E-state index in [1.165, 1.54) is 60.7 Å². The minimum Gasteiger partial charge on any atom is -0.507 e. The molecule has 306 valence electrons. The summed E-state index contributed by atoms with van der Waals surface area (Å²) in [5, 5.41) is 65.7. The van der Waals surface area contributed by atoms with Crippen molar-refractivity contribution in [3.8, 4) is 17.2 Å². The normalized spacial score (nSPS) is 12.4. The molecular weight excluding hydrogens is 843 g/mol. The summed E-state index contributed by atoms with van der Waals surface area (Å²) in [4.78, 5) is 22.3. The van der Waals surface area contributed by atoms with Gasteiger partial charge in [-0.2, -0.15) is 32.2 Å². The lowest BCUT2D eigenvalue weighted by Crippen LogP contribution is -2.16. The highest BCUT2D eigenvalue weighted by Gasteiger charge is 2.23. The number of hydrogen-bond donors (Lipinski definition) is 7. The highest BCUT2D eigenvalue weighted by molar-refractivity contribution is 7.91. The lowest BCUT2D eigenvalue weighted by atomic mass is 10.2. The predicted octanol–water partition coefficient (Wildman–Crippen LogP) is 6.84. The molecular formula is C34H27N7O15S3. The first-order valence-electron chi connectivity index (χ1n) is 16.0. The molecule has 0 unspecified atom stereocenters. The Bertz CT molecular complexity index is 2870. The number of carbonyl (C=O) groups is 2. The first-order chi connectivity index (χ1) is 27.7. The van der Waals surface area contributed by atoms with Crippen molar-refractivity contribution in [1.29, 1.82) is 0 Å². The number of carbonyl (C=O) groups excluding carboxylic acids is 1. The van der Waals surface area contributed by atoms with Crippen LogP contribution in [-0.2, 0) is 34.5 Å². The van der Waals surface area contributed by atoms with Crippen LogP contribution in [0.4, 0.5) is 39.8 Å². The van der Waals surface area contributed by atoms with Gasteiger partial charge in [-0.25, -0.2) is 17.4 Å². The molecule has 5 aromatic carbocycles. The molecule has 22 nitrogen and oxygen atoms in total. The van der Waals surface area contributed by atoms with E-state index in [1.807, 2.05) is 0 Å². The van der Waals surface area contributed by atoms with Gasteiger partial charge >= 0.3 is 16.4 Å². The molecule has 0 aliphatic heterocycles. The zero-order valence-corrected chi connectivity index (χ0v) is 31.9. The number of amides is 1. The molecule has 0 spiro atoms. The number of carboxylic acids is 1. The molecule has 0 aromatic heterocycles. The van der Waals surface area contributed by atoms with E-state index in [-0.39, 0.29) is 28.2 Å². The number of phenols is 3. The van der Waals surface area contributed by atoms with Crippen LogP contribution in [0.25, 0.3) is 0 Å². The van der Waals surface area contributed by atoms with Gasteiger partial charge in [0, 0.05) is 11.3 Å². The Morgan fingerprint density at radius 3 is 1.81 bits per heavy atom. The second-order valence-electron chi connectivity index (χ2n) is 11.6. The van der Waals surface area contributed by atoms with E-state index in [4.69, 9.17) is 9.66 Å². The molecule has 1 amide bonds. The first kappa shape index (κ1) is 43.1. The molecule has 0 saturated heterocycles. The molecule has 0 bridgehead atoms. The largest absolute Gasteiger partial charge is 0.507 e. The minimum atomic E-state index is -5.14. The number of carboxylic acid groups (broad SMARTS) is 1. The van der Waals surface area contributed by atoms with Crippen LogP contribution in [0.3, 0.4) is 0 Å². The Balaban J connectivity index is 1.25. The van der Waals surface area contributed by atoms with Gasteiger partial charge in [-0.15, -0.1) is 15.3 Å². The lowest BCUT2D eigenvalue weighted by Gasteiger charge is -2.08. The van der Waals surface area contributed by atoms with Gasteiger partial charge in [0.1, 0.15) is 33.3 Å². The van der Waals surface area contributed by atoms with Gasteiger partial charge in [0.15, 0.2) is 21.3 Å². The Morgan fingerprint density at radius 1 is 0.627 bits per heavy atom. The number of phenolic OH excluding ortho intramolecular Hbond substituents is 2. The average molecular weight is 870 g/mol. The smallest absolute Gasteiger partial charge is 0.397 e. The van der Waals surface area contributed by atoms with Crippen LogP contribution < -0.4 is 5.32 Å². The molecule has 5 rings (SSSR count). The number of aromatic carboxylic acids is 1. The summed E-state index contributed by atoms with van der Waals surface area (Å²) in [6, 6.07) is 19.9. The van der Waals surface area contributed by atoms with Crippen molar-refractivity contribution in [2.45, 2.75) is 9.79 Å². The number of nitrogens with zero attached hydrogens (tertiary/aromatic N) is 6. The van der Waals surface area contributed by atoms with E-state index in [2.05, 4.69) is 40.2 Å². The van der Waals surface area contributed by atoms with E-state index in [9.17, 15) is 54.7 Å². The molecule has 25 heteroatoms. The van der Waals surface area contributed by atoms with Gasteiger partial charge in [-0.1, -0.05) is 0 Å². The number of aromatic hydroxyl groups is 3. The maximum absolute atomic E-state index is 12.8. The number of benzene rings is 5. The molecule has 0 saturated carbocycles. The first-order valence-corrected chi connectivity index (χ1v) is 20.5. The summed E-state index contributed by atoms with van der Waals surface area (Å²) in [6.45, 7) is -1.01. The number of nitrogens with one attached hydrogen (secondary N) is 1. The van der Waals surface area contributed by atoms with Gasteiger partial charge in [-0.3, -0.25) is 13.9 Å². The van der Waals surface area contributed by atoms with E-state index < -0.39 is 93.0 Å². The number of sulfone groups is 1. The van der Waals surface area contributed by atoms with Crippen LogP contribution in [0.15, 0.2) is 138 Å². The van der Waals surface area contributed by atoms with Crippen molar-refractivity contribution in [2.24, 2.45) is 30.7 Å². The van der Waals surface area contributed by atoms with E-state index in [0.717, 1.165) is 30.3 Å². The van der Waals surface area contributed by atoms with E-state index in [0.29, 0.717) is 17.4 Å². The maximum atomic E-state index is 12.8. The van der Waals surface area contributed by atoms with Crippen molar-refractivity contribution in [3.05, 3.63) is 108 Å². The summed E-state index contributed by atoms with van der Waals surface area (Å²) in [6.07, 6.45) is 0. The van der Waals surface area contributed by atoms with Crippen molar-refractivity contribution in [2.75, 3.05) is 17.7 Å². The number of azo groups is 3. The lowest BCUT2D eigenvalue weighted by molar-refractivity contribution is 0.0693. The molecule has 0 aliphatic rings. The van der Waals surface area contributed by atoms with Gasteiger partial charge in [-0.05, 0) is 97.1 Å². The van der Waals surface area contributed by atoms with Crippen LogP contribution in [-0.4, -0.2) is 79.0 Å². The Kier molecular flexibility index (Phi) is 12.9. The van der Waals surface area contributed by atoms with Crippen molar-refractivity contribution < 1.29 is 68.6 Å². The van der Waals surface area contributed by atoms with Crippen LogP contribution in [0.5, 0.6) is 17.2 Å². The predicted molar refractivity (Wildman–Crippen MR) is 204 cm³/mol. The Hall–Kier alpha value is -7.03. The number of rotatable bonds is 15. The monoisotopic (exact) mass is 869 g/mol. The second-order valence-corrected chi connectivity index (χ2v) is 16.2. The van der Waals surface area contributed by atoms with Crippen molar-refractivity contribution in [1.82, 2.24) is 0 Å². The van der Waals surface area contributed by atoms with E-state index >= 15 is 0 Å². The van der Waals surface area contributed by atoms with Crippen LogP contribution in [0.2, 0.25) is 0 Å². The number of hydrogen-bond acceptors (Lipinski definition) is 18. The molecule has 0 aliphatic carbocycles. The summed E-state index contributed by atoms with van der Waals surface area (Å²) in [7, 11) is -14.5. The third-order valence-electron chi connectivity index (χ3n) is 7.54. The summed E-state index contributed by atoms with van der Waals surface area (Å²) < 4.78 is 93.0. The molecule has 0 heterocycles. The zero-order chi connectivity index (χ0) is 43.1. The quantitative estimate of drug-likeness (QED) is 0.0418. The maximum Gasteiger partial charge on any atom is 0.397 e. The second kappa shape index (κ2) is 17.6. The SMILES string of the molecule is O=C(Nc1ccc(N=Nc2c(O)ccc(N=Nc3ccc(S(=O)(=O)CCOS(=O)(=O)O)cc3S(=O)(=O)O)c2O)cc1)c1ccc(N=Nc2ccc(O)c(C(=O)O)c2)cc1. The van der Waals surface area contributed by atoms with Gasteiger partial charge in [0.05, 0.1) is 34.3 Å². The topological polar surface area (TPSA) is 353 Å². The van der Waals surface area contributed by atoms with Crippen LogP contribution >= 0.6 is 0 Å². The highest BCUT2D eigenvalue weighted by Crippen LogP contribution is 2.44. The standard InChI is InChI=1S/C34H27N7O15S3/c42-28-13-9-23(17-25(28)34(46)47)38-36-21-3-1-19(2-4-21)33(45)35-20-5-7-22(8-6-20)37-41-31-29(43)14-12-27(32(31)44)40-39-26-11-10-24(18-30(26)58(50,51)52)57(48,49)16-15-56-59(53,54)55/h1-14,17-18,42-44H,15-16H2,(H,35,45)(H,46,47)(H,50,51,52)(H,53,54,55). The summed E-state index contributed by atoms with van der Waals surface area (Å²) >= 11 is 0. The highest BCUT2D eigenvalue weighted by atomic mass is 32.3. The van der Waals surface area contributed by atoms with Gasteiger partial charge in [0.25, 0.3) is 16.0 Å². The molecule has 7 N–H and O–H groups in total. The zero-order valence-electron chi connectivity index (χ0n) is 29.4. The fourth-order valence-electron chi connectivity index (χ4n) is 4.66. The molecule has 0 fully saturated rings. The van der Waals surface area contributed by atoms with Crippen molar-refractivity contribution >= 4 is 82.0 Å². The van der Waals surface area contributed by atoms with Crippen LogP contribution in [0, 0.1) is 0 Å². The Labute approximate surface area is 333 Å². The molecule has 0 radical (unpaired) electrons. The summed E-state index contributed by atoms with van der Waals surface area (Å²) in [5.41, 5.74) is -0.444. The average Bonchev–Trinajstić information content (AvgIpc) is 3.17. The molecule has 5 aromatic rings. The summed E-state index contributed by atoms with van der Waals surface area (Å²) in [5.74, 6) is -4.56. The van der Waals surface area contributed by atoms with Crippen molar-refractivity contribution in [3.63, 3.8) is 0 Å². The molecule has 59 heavy (non-hydrogen) atoms. The Morgan fingerprint density at radius 2 is 1.19 bits per heavy atom. The van der Waals surface area contributed by atoms with Gasteiger partial charge < -0.3 is 25.7 Å². The van der Waals surface area contributed by atoms with Gasteiger partial charge in [0.2, 0.25) is 0 Å². The number of anilines is 1. The fourth-order valence-corrected chi connectivity index (χ4v) is 6.90. The van der Waals surface area contributed by atoms with E-state index in [1.54, 1.807) is 0 Å². The third-order valence-corrected chi connectivity index (χ3v) is 10.6.